The van der Waals surface area contributed by atoms with Gasteiger partial charge in [0.15, 0.2) is 0 Å². The van der Waals surface area contributed by atoms with E-state index in [9.17, 15) is 9.59 Å². The molecular weight excluding hydrogens is 304 g/mol. The molecule has 3 fully saturated rings. The van der Waals surface area contributed by atoms with Gasteiger partial charge < -0.3 is 9.47 Å². The average Bonchev–Trinajstić information content (AvgIpc) is 3.29. The number of ether oxygens (including phenoxy) is 2. The van der Waals surface area contributed by atoms with E-state index in [-0.39, 0.29) is 11.9 Å². The first-order chi connectivity index (χ1) is 11.4. The number of esters is 2. The molecule has 0 aliphatic heterocycles. The van der Waals surface area contributed by atoms with E-state index in [0.717, 1.165) is 6.08 Å². The zero-order valence-electron chi connectivity index (χ0n) is 15.4. The van der Waals surface area contributed by atoms with Crippen molar-refractivity contribution >= 4 is 11.9 Å². The Morgan fingerprint density at radius 3 is 1.96 bits per heavy atom. The van der Waals surface area contributed by atoms with E-state index < -0.39 is 0 Å². The summed E-state index contributed by atoms with van der Waals surface area (Å²) in [7, 11) is 1.33. The van der Waals surface area contributed by atoms with Crippen LogP contribution in [0.5, 0.6) is 0 Å². The van der Waals surface area contributed by atoms with Crippen LogP contribution in [0.4, 0.5) is 0 Å². The van der Waals surface area contributed by atoms with Gasteiger partial charge >= 0.3 is 11.9 Å². The first-order valence-corrected chi connectivity index (χ1v) is 8.97. The van der Waals surface area contributed by atoms with E-state index in [4.69, 9.17) is 0 Å². The molecule has 3 aliphatic rings. The van der Waals surface area contributed by atoms with Crippen molar-refractivity contribution in [1.82, 2.24) is 0 Å². The van der Waals surface area contributed by atoms with Crippen molar-refractivity contribution in [2.75, 3.05) is 13.7 Å². The largest absolute Gasteiger partial charge is 0.466 e. The lowest BCUT2D eigenvalue weighted by Crippen LogP contribution is -2.15. The van der Waals surface area contributed by atoms with Crippen LogP contribution in [0.15, 0.2) is 24.8 Å². The number of fused-ring (bicyclic) bond motifs is 5. The van der Waals surface area contributed by atoms with E-state index >= 15 is 0 Å². The molecule has 136 valence electrons. The van der Waals surface area contributed by atoms with Crippen molar-refractivity contribution in [3.63, 3.8) is 0 Å². The summed E-state index contributed by atoms with van der Waals surface area (Å²) < 4.78 is 8.71. The van der Waals surface area contributed by atoms with Crippen LogP contribution in [-0.2, 0) is 19.1 Å². The second kappa shape index (κ2) is 10.3. The monoisotopic (exact) mass is 336 g/mol. The first-order valence-electron chi connectivity index (χ1n) is 8.97. The van der Waals surface area contributed by atoms with E-state index in [1.165, 1.54) is 30.8 Å². The molecule has 0 saturated heterocycles. The maximum Gasteiger partial charge on any atom is 0.332 e. The second-order valence-electron chi connectivity index (χ2n) is 6.82. The maximum absolute atomic E-state index is 10.2. The standard InChI is InChI=1S/C10H16.2C5H8O2/c1-2-9-7-4-5-8(6-7)10(9)3-1;1-4(2)5(6)7-3;1-3-5(6)7-4-2/h7-10H,1-6H2;1H2,2-3H3;3H,1,4H2,2H3. The highest BCUT2D eigenvalue weighted by Crippen LogP contribution is 2.58. The van der Waals surface area contributed by atoms with Crippen LogP contribution in [-0.4, -0.2) is 25.7 Å². The lowest BCUT2D eigenvalue weighted by molar-refractivity contribution is -0.137. The fourth-order valence-corrected chi connectivity index (χ4v) is 4.39. The van der Waals surface area contributed by atoms with Crippen LogP contribution in [0, 0.1) is 23.7 Å². The molecule has 0 heterocycles. The Balaban J connectivity index is 0.000000188. The van der Waals surface area contributed by atoms with Gasteiger partial charge in [-0.1, -0.05) is 19.6 Å². The highest BCUT2D eigenvalue weighted by Gasteiger charge is 2.48. The molecule has 0 amide bonds. The van der Waals surface area contributed by atoms with Gasteiger partial charge in [-0.05, 0) is 69.6 Å². The van der Waals surface area contributed by atoms with Gasteiger partial charge in [0, 0.05) is 11.6 Å². The average molecular weight is 336 g/mol. The fraction of sp³-hybridized carbons (Fsp3) is 0.700. The first kappa shape index (κ1) is 20.5. The van der Waals surface area contributed by atoms with Gasteiger partial charge in [0.05, 0.1) is 13.7 Å². The maximum atomic E-state index is 10.2. The summed E-state index contributed by atoms with van der Waals surface area (Å²) in [5, 5.41) is 0. The molecule has 3 aliphatic carbocycles. The third-order valence-electron chi connectivity index (χ3n) is 5.34. The molecule has 0 aromatic heterocycles. The van der Waals surface area contributed by atoms with Crippen molar-refractivity contribution < 1.29 is 19.1 Å². The molecule has 24 heavy (non-hydrogen) atoms. The summed E-state index contributed by atoms with van der Waals surface area (Å²) in [5.41, 5.74) is 0.433. The molecule has 0 spiro atoms. The predicted molar refractivity (Wildman–Crippen MR) is 95.3 cm³/mol. The molecule has 3 saturated carbocycles. The molecule has 0 radical (unpaired) electrons. The summed E-state index contributed by atoms with van der Waals surface area (Å²) in [6.07, 6.45) is 10.7. The third-order valence-corrected chi connectivity index (χ3v) is 5.34. The second-order valence-corrected chi connectivity index (χ2v) is 6.82. The Hall–Kier alpha value is -1.58. The zero-order chi connectivity index (χ0) is 18.1. The SMILES string of the molecule is C1CC2C3CCC(C3)C2C1.C=C(C)C(=O)OC.C=CC(=O)OCC. The van der Waals surface area contributed by atoms with Gasteiger partial charge in [0.2, 0.25) is 0 Å². The van der Waals surface area contributed by atoms with E-state index in [1.807, 2.05) is 0 Å². The molecule has 0 aromatic rings. The van der Waals surface area contributed by atoms with Crippen LogP contribution in [0.3, 0.4) is 0 Å². The van der Waals surface area contributed by atoms with E-state index in [0.29, 0.717) is 12.2 Å². The number of hydrogen-bond donors (Lipinski definition) is 0. The molecule has 4 atom stereocenters. The third kappa shape index (κ3) is 5.81. The minimum Gasteiger partial charge on any atom is -0.466 e. The molecule has 0 N–H and O–H groups in total. The zero-order valence-corrected chi connectivity index (χ0v) is 15.4. The van der Waals surface area contributed by atoms with Crippen molar-refractivity contribution in [2.24, 2.45) is 23.7 Å². The van der Waals surface area contributed by atoms with Gasteiger partial charge in [0.25, 0.3) is 0 Å². The van der Waals surface area contributed by atoms with Crippen LogP contribution in [0.25, 0.3) is 0 Å². The van der Waals surface area contributed by atoms with Crippen LogP contribution in [0.2, 0.25) is 0 Å². The highest BCUT2D eigenvalue weighted by molar-refractivity contribution is 5.86. The number of rotatable bonds is 3. The van der Waals surface area contributed by atoms with Gasteiger partial charge in [-0.3, -0.25) is 0 Å². The predicted octanol–water partition coefficient (Wildman–Crippen LogP) is 4.30. The van der Waals surface area contributed by atoms with Crippen molar-refractivity contribution in [2.45, 2.75) is 52.4 Å². The Bertz CT molecular complexity index is 437. The van der Waals surface area contributed by atoms with Crippen LogP contribution >= 0.6 is 0 Å². The summed E-state index contributed by atoms with van der Waals surface area (Å²) >= 11 is 0. The minimum absolute atomic E-state index is 0.347. The van der Waals surface area contributed by atoms with Crippen molar-refractivity contribution in [3.8, 4) is 0 Å². The number of hydrogen-bond acceptors (Lipinski definition) is 4. The topological polar surface area (TPSA) is 52.6 Å². The van der Waals surface area contributed by atoms with Gasteiger partial charge in [-0.2, -0.15) is 0 Å². The number of carbonyl (C=O) groups excluding carboxylic acids is 2. The minimum atomic E-state index is -0.359. The highest BCUT2D eigenvalue weighted by atomic mass is 16.5. The Morgan fingerprint density at radius 2 is 1.67 bits per heavy atom. The summed E-state index contributed by atoms with van der Waals surface area (Å²) in [5.74, 6) is 4.09. The summed E-state index contributed by atoms with van der Waals surface area (Å²) in [6, 6.07) is 0. The normalized spacial score (nSPS) is 28.5. The summed E-state index contributed by atoms with van der Waals surface area (Å²) in [6.45, 7) is 10.3. The van der Waals surface area contributed by atoms with E-state index in [1.54, 1.807) is 52.4 Å². The van der Waals surface area contributed by atoms with Gasteiger partial charge in [0.1, 0.15) is 0 Å². The van der Waals surface area contributed by atoms with E-state index in [2.05, 4.69) is 22.6 Å². The quantitative estimate of drug-likeness (QED) is 0.569. The lowest BCUT2D eigenvalue weighted by Gasteiger charge is -2.23. The molecule has 4 unspecified atom stereocenters. The number of methoxy groups -OCH3 is 1. The molecule has 4 heteroatoms. The van der Waals surface area contributed by atoms with Gasteiger partial charge in [-0.15, -0.1) is 0 Å². The van der Waals surface area contributed by atoms with Gasteiger partial charge in [-0.25, -0.2) is 9.59 Å². The lowest BCUT2D eigenvalue weighted by atomic mass is 9.82. The molecular formula is C20H32O4. The molecule has 3 rings (SSSR count). The van der Waals surface area contributed by atoms with Crippen LogP contribution in [0.1, 0.15) is 52.4 Å². The Kier molecular flexibility index (Phi) is 8.80. The van der Waals surface area contributed by atoms with Crippen LogP contribution < -0.4 is 0 Å². The fourth-order valence-electron chi connectivity index (χ4n) is 4.39. The van der Waals surface area contributed by atoms with Crippen molar-refractivity contribution in [1.29, 1.82) is 0 Å². The summed E-state index contributed by atoms with van der Waals surface area (Å²) in [4.78, 5) is 20.3. The molecule has 2 bridgehead atoms. The molecule has 0 aromatic carbocycles. The molecule has 4 nitrogen and oxygen atoms in total. The number of carbonyl (C=O) groups is 2. The van der Waals surface area contributed by atoms with Crippen molar-refractivity contribution in [3.05, 3.63) is 24.8 Å². The smallest absolute Gasteiger partial charge is 0.332 e. The Labute approximate surface area is 146 Å². The Morgan fingerprint density at radius 1 is 1.12 bits per heavy atom.